The number of nitrogens with zero attached hydrogens (tertiary/aromatic N) is 1. The summed E-state index contributed by atoms with van der Waals surface area (Å²) in [5, 5.41) is 2.82. The molecule has 0 bridgehead atoms. The molecule has 1 heterocycles. The molecule has 4 nitrogen and oxygen atoms in total. The summed E-state index contributed by atoms with van der Waals surface area (Å²) in [4.78, 5) is 16.1. The Morgan fingerprint density at radius 1 is 1.12 bits per heavy atom. The number of halogens is 2. The van der Waals surface area contributed by atoms with Crippen LogP contribution in [0.1, 0.15) is 23.4 Å². The first kappa shape index (κ1) is 17.8. The van der Waals surface area contributed by atoms with Crippen LogP contribution >= 0.6 is 0 Å². The van der Waals surface area contributed by atoms with Crippen molar-refractivity contribution in [1.29, 1.82) is 0 Å². The lowest BCUT2D eigenvalue weighted by Crippen LogP contribution is -2.12. The van der Waals surface area contributed by atoms with Crippen molar-refractivity contribution in [3.63, 3.8) is 0 Å². The number of aromatic nitrogens is 1. The molecule has 0 spiro atoms. The van der Waals surface area contributed by atoms with Crippen LogP contribution in [0.3, 0.4) is 0 Å². The lowest BCUT2D eigenvalue weighted by Gasteiger charge is -2.07. The summed E-state index contributed by atoms with van der Waals surface area (Å²) in [5.74, 6) is -1.38. The van der Waals surface area contributed by atoms with Crippen molar-refractivity contribution in [2.24, 2.45) is 0 Å². The summed E-state index contributed by atoms with van der Waals surface area (Å²) < 4.78 is 32.9. The van der Waals surface area contributed by atoms with Crippen LogP contribution in [0.25, 0.3) is 11.3 Å². The van der Waals surface area contributed by atoms with Crippen molar-refractivity contribution in [2.45, 2.75) is 26.7 Å². The van der Waals surface area contributed by atoms with Crippen molar-refractivity contribution in [3.8, 4) is 11.3 Å². The second-order valence-corrected chi connectivity index (χ2v) is 6.14. The molecule has 134 valence electrons. The normalized spacial score (nSPS) is 10.8. The third kappa shape index (κ3) is 4.14. The van der Waals surface area contributed by atoms with Crippen LogP contribution in [-0.2, 0) is 11.2 Å². The minimum absolute atomic E-state index is 0.00492. The van der Waals surface area contributed by atoms with Crippen LogP contribution < -0.4 is 5.32 Å². The van der Waals surface area contributed by atoms with Crippen molar-refractivity contribution in [1.82, 2.24) is 4.98 Å². The maximum Gasteiger partial charge on any atom is 0.224 e. The van der Waals surface area contributed by atoms with E-state index in [0.29, 0.717) is 0 Å². The summed E-state index contributed by atoms with van der Waals surface area (Å²) in [5.41, 5.74) is 2.59. The van der Waals surface area contributed by atoms with Gasteiger partial charge in [0.25, 0.3) is 0 Å². The summed E-state index contributed by atoms with van der Waals surface area (Å²) in [6, 6.07) is 9.37. The average molecular weight is 356 g/mol. The molecular weight excluding hydrogens is 338 g/mol. The number of hydrogen-bond donors (Lipinski definition) is 1. The highest BCUT2D eigenvalue weighted by Crippen LogP contribution is 2.26. The third-order valence-electron chi connectivity index (χ3n) is 3.83. The van der Waals surface area contributed by atoms with Gasteiger partial charge in [0, 0.05) is 18.5 Å². The quantitative estimate of drug-likeness (QED) is 0.714. The first-order valence-corrected chi connectivity index (χ1v) is 8.19. The van der Waals surface area contributed by atoms with E-state index in [4.69, 9.17) is 4.42 Å². The van der Waals surface area contributed by atoms with Crippen molar-refractivity contribution < 1.29 is 18.0 Å². The molecule has 3 rings (SSSR count). The number of oxazole rings is 1. The molecule has 6 heteroatoms. The Labute approximate surface area is 149 Å². The van der Waals surface area contributed by atoms with Gasteiger partial charge in [-0.15, -0.1) is 0 Å². The van der Waals surface area contributed by atoms with E-state index in [2.05, 4.69) is 10.3 Å². The average Bonchev–Trinajstić information content (AvgIpc) is 3.00. The molecule has 0 atom stereocenters. The van der Waals surface area contributed by atoms with Crippen LogP contribution in [0.4, 0.5) is 14.5 Å². The van der Waals surface area contributed by atoms with E-state index in [1.165, 1.54) is 12.3 Å². The van der Waals surface area contributed by atoms with Gasteiger partial charge in [-0.25, -0.2) is 13.8 Å². The fourth-order valence-corrected chi connectivity index (χ4v) is 2.77. The van der Waals surface area contributed by atoms with Gasteiger partial charge in [0.2, 0.25) is 5.91 Å². The van der Waals surface area contributed by atoms with Crippen LogP contribution in [0.2, 0.25) is 0 Å². The zero-order valence-electron chi connectivity index (χ0n) is 14.5. The van der Waals surface area contributed by atoms with Crippen LogP contribution in [0.15, 0.2) is 47.0 Å². The molecule has 2 aromatic carbocycles. The minimum atomic E-state index is -0.722. The third-order valence-corrected chi connectivity index (χ3v) is 3.83. The second-order valence-electron chi connectivity index (χ2n) is 6.14. The van der Waals surface area contributed by atoms with E-state index < -0.39 is 11.6 Å². The van der Waals surface area contributed by atoms with E-state index in [9.17, 15) is 13.6 Å². The van der Waals surface area contributed by atoms with Gasteiger partial charge in [0.1, 0.15) is 11.6 Å². The number of hydrogen-bond acceptors (Lipinski definition) is 3. The number of rotatable bonds is 5. The summed E-state index contributed by atoms with van der Waals surface area (Å²) in [6.07, 6.45) is 1.64. The van der Waals surface area contributed by atoms with Gasteiger partial charge < -0.3 is 9.73 Å². The van der Waals surface area contributed by atoms with Gasteiger partial charge in [-0.2, -0.15) is 0 Å². The van der Waals surface area contributed by atoms with Crippen LogP contribution in [-0.4, -0.2) is 10.9 Å². The zero-order valence-corrected chi connectivity index (χ0v) is 14.5. The summed E-state index contributed by atoms with van der Waals surface area (Å²) in [6.45, 7) is 3.91. The number of aryl methyl sites for hydroxylation is 3. The summed E-state index contributed by atoms with van der Waals surface area (Å²) in [7, 11) is 0. The van der Waals surface area contributed by atoms with Crippen molar-refractivity contribution >= 4 is 11.6 Å². The second kappa shape index (κ2) is 7.47. The minimum Gasteiger partial charge on any atom is -0.441 e. The molecule has 0 aliphatic heterocycles. The Hall–Kier alpha value is -3.02. The predicted molar refractivity (Wildman–Crippen MR) is 94.7 cm³/mol. The van der Waals surface area contributed by atoms with E-state index >= 15 is 0 Å². The first-order valence-electron chi connectivity index (χ1n) is 8.19. The molecule has 3 aromatic rings. The molecule has 0 aliphatic rings. The molecule has 0 saturated heterocycles. The molecule has 26 heavy (non-hydrogen) atoms. The Kier molecular flexibility index (Phi) is 5.11. The zero-order chi connectivity index (χ0) is 18.7. The maximum atomic E-state index is 13.8. The van der Waals surface area contributed by atoms with Gasteiger partial charge in [-0.05, 0) is 49.2 Å². The fourth-order valence-electron chi connectivity index (χ4n) is 2.77. The molecule has 0 unspecified atom stereocenters. The van der Waals surface area contributed by atoms with E-state index in [0.717, 1.165) is 28.9 Å². The molecular formula is C20H18F2N2O2. The highest BCUT2D eigenvalue weighted by molar-refractivity contribution is 5.90. The molecule has 1 N–H and O–H groups in total. The molecule has 0 saturated carbocycles. The Morgan fingerprint density at radius 3 is 2.42 bits per heavy atom. The fraction of sp³-hybridized carbons (Fsp3) is 0.200. The molecule has 0 fully saturated rings. The monoisotopic (exact) mass is 356 g/mol. The Balaban J connectivity index is 1.64. The van der Waals surface area contributed by atoms with E-state index in [1.54, 1.807) is 0 Å². The van der Waals surface area contributed by atoms with Crippen molar-refractivity contribution in [3.05, 3.63) is 71.2 Å². The first-order chi connectivity index (χ1) is 12.4. The Bertz CT molecular complexity index is 910. The lowest BCUT2D eigenvalue weighted by molar-refractivity contribution is -0.116. The van der Waals surface area contributed by atoms with Crippen molar-refractivity contribution in [2.75, 3.05) is 5.32 Å². The number of benzene rings is 2. The van der Waals surface area contributed by atoms with E-state index in [1.807, 2.05) is 32.0 Å². The van der Waals surface area contributed by atoms with Gasteiger partial charge in [-0.3, -0.25) is 4.79 Å². The van der Waals surface area contributed by atoms with Crippen LogP contribution in [0.5, 0.6) is 0 Å². The van der Waals surface area contributed by atoms with Gasteiger partial charge in [0.05, 0.1) is 11.8 Å². The SMILES string of the molecule is Cc1cc(C)cc(NC(=O)CCc2ncc(-c3c(F)cccc3F)o2)c1. The topological polar surface area (TPSA) is 55.1 Å². The maximum absolute atomic E-state index is 13.8. The lowest BCUT2D eigenvalue weighted by atomic mass is 10.1. The molecule has 0 radical (unpaired) electrons. The predicted octanol–water partition coefficient (Wildman–Crippen LogP) is 4.81. The van der Waals surface area contributed by atoms with E-state index in [-0.39, 0.29) is 36.0 Å². The number of nitrogens with one attached hydrogen (secondary N) is 1. The highest BCUT2D eigenvalue weighted by atomic mass is 19.1. The number of amides is 1. The van der Waals surface area contributed by atoms with Gasteiger partial charge in [0.15, 0.2) is 11.7 Å². The molecule has 1 aromatic heterocycles. The van der Waals surface area contributed by atoms with Gasteiger partial charge >= 0.3 is 0 Å². The standard InChI is InChI=1S/C20H18F2N2O2/c1-12-8-13(2)10-14(9-12)24-18(25)6-7-19-23-11-17(26-19)20-15(21)4-3-5-16(20)22/h3-5,8-11H,6-7H2,1-2H3,(H,24,25). The number of carbonyl (C=O) groups is 1. The largest absolute Gasteiger partial charge is 0.441 e. The molecule has 1 amide bonds. The Morgan fingerprint density at radius 2 is 1.77 bits per heavy atom. The smallest absolute Gasteiger partial charge is 0.224 e. The van der Waals surface area contributed by atoms with Gasteiger partial charge in [-0.1, -0.05) is 12.1 Å². The summed E-state index contributed by atoms with van der Waals surface area (Å²) >= 11 is 0. The number of carbonyl (C=O) groups excluding carboxylic acids is 1. The number of anilines is 1. The molecule has 0 aliphatic carbocycles. The van der Waals surface area contributed by atoms with Crippen LogP contribution in [0, 0.1) is 25.5 Å². The highest BCUT2D eigenvalue weighted by Gasteiger charge is 2.16.